The fourth-order valence-electron chi connectivity index (χ4n) is 3.06. The van der Waals surface area contributed by atoms with Gasteiger partial charge in [-0.05, 0) is 43.2 Å². The molecule has 0 spiro atoms. The maximum atomic E-state index is 13.3. The Morgan fingerprint density at radius 2 is 2.15 bits per heavy atom. The Bertz CT molecular complexity index is 1030. The van der Waals surface area contributed by atoms with Crippen molar-refractivity contribution < 1.29 is 9.47 Å². The minimum Gasteiger partial charge on any atom is -0.355 e. The highest BCUT2D eigenvalue weighted by Crippen LogP contribution is 2.26. The fourth-order valence-corrected chi connectivity index (χ4v) is 4.30. The molecule has 0 bridgehead atoms. The van der Waals surface area contributed by atoms with Crippen LogP contribution < -0.4 is 5.56 Å². The second-order valence-electron chi connectivity index (χ2n) is 6.40. The molecule has 7 heteroatoms. The van der Waals surface area contributed by atoms with Gasteiger partial charge in [-0.3, -0.25) is 9.36 Å². The highest BCUT2D eigenvalue weighted by atomic mass is 35.5. The molecule has 1 aliphatic rings. The molecule has 3 aromatic rings. The Kier molecular flexibility index (Phi) is 5.50. The van der Waals surface area contributed by atoms with E-state index in [1.807, 2.05) is 31.2 Å². The van der Waals surface area contributed by atoms with Crippen molar-refractivity contribution in [3.05, 3.63) is 63.4 Å². The number of hydrogen-bond acceptors (Lipinski definition) is 5. The van der Waals surface area contributed by atoms with Crippen molar-refractivity contribution in [2.45, 2.75) is 24.6 Å². The number of fused-ring (bicyclic) bond motifs is 1. The lowest BCUT2D eigenvalue weighted by atomic mass is 10.2. The molecule has 1 fully saturated rings. The van der Waals surface area contributed by atoms with Crippen LogP contribution in [0.1, 0.15) is 12.0 Å². The second-order valence-corrected chi connectivity index (χ2v) is 7.82. The lowest BCUT2D eigenvalue weighted by Crippen LogP contribution is -2.27. The molecule has 0 N–H and O–H groups in total. The average molecular weight is 403 g/mol. The van der Waals surface area contributed by atoms with E-state index in [0.717, 1.165) is 17.7 Å². The van der Waals surface area contributed by atoms with Crippen molar-refractivity contribution in [3.63, 3.8) is 0 Å². The van der Waals surface area contributed by atoms with E-state index in [9.17, 15) is 4.79 Å². The van der Waals surface area contributed by atoms with Crippen LogP contribution >= 0.6 is 23.4 Å². The molecule has 0 unspecified atom stereocenters. The molecule has 0 amide bonds. The molecule has 1 aliphatic heterocycles. The molecule has 2 aromatic carbocycles. The zero-order chi connectivity index (χ0) is 18.8. The summed E-state index contributed by atoms with van der Waals surface area (Å²) < 4.78 is 12.6. The zero-order valence-corrected chi connectivity index (χ0v) is 16.4. The normalized spacial score (nSPS) is 17.3. The van der Waals surface area contributed by atoms with Gasteiger partial charge in [0.05, 0.1) is 29.3 Å². The average Bonchev–Trinajstić information content (AvgIpc) is 2.68. The molecule has 140 valence electrons. The number of para-hydroxylation sites is 1. The predicted octanol–water partition coefficient (Wildman–Crippen LogP) is 4.20. The van der Waals surface area contributed by atoms with Gasteiger partial charge in [-0.15, -0.1) is 0 Å². The number of rotatable bonds is 4. The summed E-state index contributed by atoms with van der Waals surface area (Å²) in [5, 5.41) is 1.75. The summed E-state index contributed by atoms with van der Waals surface area (Å²) in [6, 6.07) is 13.0. The number of aromatic nitrogens is 2. The summed E-state index contributed by atoms with van der Waals surface area (Å²) in [5.74, 6) is 0.702. The van der Waals surface area contributed by atoms with Gasteiger partial charge in [0, 0.05) is 10.8 Å². The summed E-state index contributed by atoms with van der Waals surface area (Å²) in [7, 11) is 0. The van der Waals surface area contributed by atoms with Crippen LogP contribution in [0.2, 0.25) is 5.02 Å². The third-order valence-electron chi connectivity index (χ3n) is 4.53. The Hall–Kier alpha value is -1.86. The molecule has 0 saturated carbocycles. The molecule has 2 heterocycles. The SMILES string of the molecule is Cc1ccccc1-n1c(SC[C@@H]2CCOCO2)nc2cc(Cl)ccc2c1=O. The maximum absolute atomic E-state index is 13.3. The first-order valence-electron chi connectivity index (χ1n) is 8.74. The van der Waals surface area contributed by atoms with Crippen LogP contribution in [0.15, 0.2) is 52.4 Å². The first kappa shape index (κ1) is 18.5. The number of benzene rings is 2. The van der Waals surface area contributed by atoms with Crippen LogP contribution in [0, 0.1) is 6.92 Å². The summed E-state index contributed by atoms with van der Waals surface area (Å²) in [4.78, 5) is 18.0. The topological polar surface area (TPSA) is 53.4 Å². The van der Waals surface area contributed by atoms with Crippen molar-refractivity contribution in [2.75, 3.05) is 19.2 Å². The third kappa shape index (κ3) is 3.89. The van der Waals surface area contributed by atoms with Crippen molar-refractivity contribution in [3.8, 4) is 5.69 Å². The number of halogens is 1. The minimum absolute atomic E-state index is 0.0843. The van der Waals surface area contributed by atoms with Crippen LogP contribution in [0.3, 0.4) is 0 Å². The molecule has 4 rings (SSSR count). The van der Waals surface area contributed by atoms with E-state index in [0.29, 0.717) is 40.2 Å². The number of aryl methyl sites for hydroxylation is 1. The van der Waals surface area contributed by atoms with Gasteiger partial charge in [-0.25, -0.2) is 4.98 Å². The molecular formula is C20H19ClN2O3S. The Morgan fingerprint density at radius 3 is 2.93 bits per heavy atom. The lowest BCUT2D eigenvalue weighted by Gasteiger charge is -2.23. The quantitative estimate of drug-likeness (QED) is 0.483. The van der Waals surface area contributed by atoms with Gasteiger partial charge in [-0.1, -0.05) is 41.6 Å². The van der Waals surface area contributed by atoms with E-state index in [2.05, 4.69) is 0 Å². The van der Waals surface area contributed by atoms with Gasteiger partial charge >= 0.3 is 0 Å². The largest absolute Gasteiger partial charge is 0.355 e. The van der Waals surface area contributed by atoms with Gasteiger partial charge in [0.15, 0.2) is 5.16 Å². The summed E-state index contributed by atoms with van der Waals surface area (Å²) >= 11 is 7.63. The van der Waals surface area contributed by atoms with Crippen LogP contribution in [0.25, 0.3) is 16.6 Å². The molecule has 27 heavy (non-hydrogen) atoms. The van der Waals surface area contributed by atoms with E-state index < -0.39 is 0 Å². The predicted molar refractivity (Wildman–Crippen MR) is 108 cm³/mol. The first-order valence-corrected chi connectivity index (χ1v) is 10.1. The van der Waals surface area contributed by atoms with E-state index in [4.69, 9.17) is 26.1 Å². The van der Waals surface area contributed by atoms with Crippen molar-refractivity contribution in [2.24, 2.45) is 0 Å². The van der Waals surface area contributed by atoms with Crippen LogP contribution in [-0.4, -0.2) is 34.8 Å². The van der Waals surface area contributed by atoms with Crippen LogP contribution in [0.4, 0.5) is 0 Å². The van der Waals surface area contributed by atoms with Crippen molar-refractivity contribution in [1.82, 2.24) is 9.55 Å². The van der Waals surface area contributed by atoms with Gasteiger partial charge in [-0.2, -0.15) is 0 Å². The monoisotopic (exact) mass is 402 g/mol. The van der Waals surface area contributed by atoms with E-state index in [1.165, 1.54) is 11.8 Å². The van der Waals surface area contributed by atoms with Gasteiger partial charge in [0.2, 0.25) is 0 Å². The van der Waals surface area contributed by atoms with E-state index in [-0.39, 0.29) is 11.7 Å². The fraction of sp³-hybridized carbons (Fsp3) is 0.300. The summed E-state index contributed by atoms with van der Waals surface area (Å²) in [5.41, 5.74) is 2.36. The van der Waals surface area contributed by atoms with Crippen LogP contribution in [-0.2, 0) is 9.47 Å². The first-order chi connectivity index (χ1) is 13.1. The summed E-state index contributed by atoms with van der Waals surface area (Å²) in [6.07, 6.45) is 0.919. The molecule has 0 aliphatic carbocycles. The molecule has 1 aromatic heterocycles. The Balaban J connectivity index is 1.82. The van der Waals surface area contributed by atoms with Crippen molar-refractivity contribution in [1.29, 1.82) is 0 Å². The molecular weight excluding hydrogens is 384 g/mol. The smallest absolute Gasteiger partial charge is 0.266 e. The number of nitrogens with zero attached hydrogens (tertiary/aromatic N) is 2. The van der Waals surface area contributed by atoms with E-state index >= 15 is 0 Å². The summed E-state index contributed by atoms with van der Waals surface area (Å²) in [6.45, 7) is 3.00. The third-order valence-corrected chi connectivity index (χ3v) is 5.83. The zero-order valence-electron chi connectivity index (χ0n) is 14.9. The maximum Gasteiger partial charge on any atom is 0.266 e. The highest BCUT2D eigenvalue weighted by molar-refractivity contribution is 7.99. The minimum atomic E-state index is -0.0960. The highest BCUT2D eigenvalue weighted by Gasteiger charge is 2.19. The molecule has 5 nitrogen and oxygen atoms in total. The Labute approximate surface area is 166 Å². The number of hydrogen-bond donors (Lipinski definition) is 0. The standard InChI is InChI=1S/C20H19ClN2O3S/c1-13-4-2-3-5-18(13)23-19(24)16-7-6-14(21)10-17(16)22-20(23)27-11-15-8-9-25-12-26-15/h2-7,10,15H,8-9,11-12H2,1H3/t15-/m0/s1. The van der Waals surface area contributed by atoms with Gasteiger partial charge in [0.1, 0.15) is 6.79 Å². The number of ether oxygens (including phenoxy) is 2. The molecule has 1 saturated heterocycles. The second kappa shape index (κ2) is 8.02. The lowest BCUT2D eigenvalue weighted by molar-refractivity contribution is -0.130. The van der Waals surface area contributed by atoms with Crippen molar-refractivity contribution >= 4 is 34.3 Å². The van der Waals surface area contributed by atoms with Gasteiger partial charge in [0.25, 0.3) is 5.56 Å². The van der Waals surface area contributed by atoms with E-state index in [1.54, 1.807) is 22.8 Å². The number of thioether (sulfide) groups is 1. The van der Waals surface area contributed by atoms with Crippen LogP contribution in [0.5, 0.6) is 0 Å². The molecule has 1 atom stereocenters. The van der Waals surface area contributed by atoms with Gasteiger partial charge < -0.3 is 9.47 Å². The molecule has 0 radical (unpaired) electrons. The Morgan fingerprint density at radius 1 is 1.30 bits per heavy atom.